The number of aromatic amines is 1. The van der Waals surface area contributed by atoms with Gasteiger partial charge in [-0.05, 0) is 94.3 Å². The number of carboxylic acid groups (broad SMARTS) is 1. The average molecular weight is 587 g/mol. The third-order valence-corrected chi connectivity index (χ3v) is 7.88. The SMILES string of the molecule is Cc1cc(/C=C/c2cc(-c3nc4cc(C)c([C@H](OC(C)(C)C)C(=O)O)c(-c5ccc(Cl)cc5)c4s3)ccn2)c(N)[nH]1. The van der Waals surface area contributed by atoms with E-state index in [4.69, 9.17) is 27.1 Å². The summed E-state index contributed by atoms with van der Waals surface area (Å²) in [5, 5.41) is 11.7. The summed E-state index contributed by atoms with van der Waals surface area (Å²) in [6, 6.07) is 15.2. The topological polar surface area (TPSA) is 114 Å². The highest BCUT2D eigenvalue weighted by molar-refractivity contribution is 7.22. The van der Waals surface area contributed by atoms with Crippen molar-refractivity contribution in [2.24, 2.45) is 0 Å². The number of fused-ring (bicyclic) bond motifs is 1. The lowest BCUT2D eigenvalue weighted by Gasteiger charge is -2.28. The van der Waals surface area contributed by atoms with Gasteiger partial charge in [0.05, 0.1) is 21.5 Å². The van der Waals surface area contributed by atoms with Gasteiger partial charge in [-0.3, -0.25) is 4.98 Å². The van der Waals surface area contributed by atoms with Crippen LogP contribution in [0, 0.1) is 13.8 Å². The van der Waals surface area contributed by atoms with E-state index in [0.717, 1.165) is 54.4 Å². The van der Waals surface area contributed by atoms with Crippen LogP contribution in [0.15, 0.2) is 54.7 Å². The Balaban J connectivity index is 1.66. The number of carbonyl (C=O) groups is 1. The number of aryl methyl sites for hydroxylation is 2. The predicted molar refractivity (Wildman–Crippen MR) is 168 cm³/mol. The Morgan fingerprint density at radius 2 is 1.83 bits per heavy atom. The van der Waals surface area contributed by atoms with Crippen molar-refractivity contribution >= 4 is 57.1 Å². The Morgan fingerprint density at radius 1 is 1.10 bits per heavy atom. The van der Waals surface area contributed by atoms with Gasteiger partial charge < -0.3 is 20.6 Å². The summed E-state index contributed by atoms with van der Waals surface area (Å²) in [5.74, 6) is -0.441. The van der Waals surface area contributed by atoms with Crippen LogP contribution in [0.5, 0.6) is 0 Å². The summed E-state index contributed by atoms with van der Waals surface area (Å²) in [7, 11) is 0. The molecule has 5 aromatic rings. The molecule has 7 nitrogen and oxygen atoms in total. The molecule has 2 aromatic carbocycles. The molecule has 0 radical (unpaired) electrons. The number of aromatic nitrogens is 3. The number of nitrogens with zero attached hydrogens (tertiary/aromatic N) is 2. The summed E-state index contributed by atoms with van der Waals surface area (Å²) in [6.07, 6.45) is 4.43. The molecule has 0 unspecified atom stereocenters. The molecule has 4 N–H and O–H groups in total. The first kappa shape index (κ1) is 28.5. The molecule has 0 spiro atoms. The van der Waals surface area contributed by atoms with E-state index < -0.39 is 17.7 Å². The van der Waals surface area contributed by atoms with E-state index in [9.17, 15) is 9.90 Å². The van der Waals surface area contributed by atoms with Crippen LogP contribution < -0.4 is 5.73 Å². The zero-order valence-corrected chi connectivity index (χ0v) is 25.0. The molecule has 5 rings (SSSR count). The fourth-order valence-corrected chi connectivity index (χ4v) is 6.03. The average Bonchev–Trinajstić information content (AvgIpc) is 3.47. The summed E-state index contributed by atoms with van der Waals surface area (Å²) >= 11 is 7.72. The maximum absolute atomic E-state index is 12.6. The van der Waals surface area contributed by atoms with Crippen LogP contribution in [0.25, 0.3) is 44.1 Å². The molecule has 0 aliphatic heterocycles. The first-order valence-electron chi connectivity index (χ1n) is 13.1. The monoisotopic (exact) mass is 586 g/mol. The highest BCUT2D eigenvalue weighted by Crippen LogP contribution is 2.44. The van der Waals surface area contributed by atoms with Gasteiger partial charge in [-0.15, -0.1) is 11.3 Å². The number of nitrogens with two attached hydrogens (primary N) is 1. The van der Waals surface area contributed by atoms with Crippen molar-refractivity contribution in [3.8, 4) is 21.7 Å². The lowest BCUT2D eigenvalue weighted by atomic mass is 9.91. The Hall–Kier alpha value is -3.98. The van der Waals surface area contributed by atoms with Gasteiger partial charge in [0.25, 0.3) is 0 Å². The number of halogens is 1. The van der Waals surface area contributed by atoms with E-state index >= 15 is 0 Å². The highest BCUT2D eigenvalue weighted by Gasteiger charge is 2.32. The molecule has 1 atom stereocenters. The summed E-state index contributed by atoms with van der Waals surface area (Å²) in [6.45, 7) is 9.41. The van der Waals surface area contributed by atoms with Crippen molar-refractivity contribution in [1.29, 1.82) is 0 Å². The molecular weight excluding hydrogens is 556 g/mol. The maximum Gasteiger partial charge on any atom is 0.337 e. The van der Waals surface area contributed by atoms with Gasteiger partial charge in [0.2, 0.25) is 0 Å². The number of rotatable bonds is 7. The van der Waals surface area contributed by atoms with Crippen LogP contribution in [0.3, 0.4) is 0 Å². The van der Waals surface area contributed by atoms with E-state index in [1.807, 2.05) is 83.2 Å². The zero-order chi connectivity index (χ0) is 29.5. The quantitative estimate of drug-likeness (QED) is 0.177. The lowest BCUT2D eigenvalue weighted by molar-refractivity contribution is -0.160. The largest absolute Gasteiger partial charge is 0.479 e. The van der Waals surface area contributed by atoms with E-state index in [1.54, 1.807) is 18.3 Å². The molecular formula is C32H31ClN4O3S. The number of anilines is 1. The predicted octanol–water partition coefficient (Wildman–Crippen LogP) is 8.32. The van der Waals surface area contributed by atoms with Crippen molar-refractivity contribution in [2.75, 3.05) is 5.73 Å². The number of aliphatic carboxylic acids is 1. The summed E-state index contributed by atoms with van der Waals surface area (Å²) in [5.41, 5.74) is 12.7. The molecule has 0 bridgehead atoms. The first-order chi connectivity index (χ1) is 19.4. The number of ether oxygens (including phenoxy) is 1. The smallest absolute Gasteiger partial charge is 0.337 e. The summed E-state index contributed by atoms with van der Waals surface area (Å²) in [4.78, 5) is 25.1. The van der Waals surface area contributed by atoms with Crippen molar-refractivity contribution in [1.82, 2.24) is 15.0 Å². The van der Waals surface area contributed by atoms with Crippen LogP contribution in [0.2, 0.25) is 5.02 Å². The number of H-pyrrole nitrogens is 1. The summed E-state index contributed by atoms with van der Waals surface area (Å²) < 4.78 is 6.98. The molecule has 0 aliphatic rings. The number of carboxylic acids is 1. The van der Waals surface area contributed by atoms with Crippen LogP contribution in [0.4, 0.5) is 5.82 Å². The minimum atomic E-state index is -1.17. The van der Waals surface area contributed by atoms with Crippen LogP contribution in [-0.4, -0.2) is 31.6 Å². The van der Waals surface area contributed by atoms with Gasteiger partial charge in [0.15, 0.2) is 6.10 Å². The fraction of sp³-hybridized carbons (Fsp3) is 0.219. The number of hydrogen-bond acceptors (Lipinski definition) is 6. The number of benzene rings is 2. The molecule has 41 heavy (non-hydrogen) atoms. The zero-order valence-electron chi connectivity index (χ0n) is 23.4. The molecule has 3 aromatic heterocycles. The van der Waals surface area contributed by atoms with E-state index in [2.05, 4.69) is 9.97 Å². The molecule has 3 heterocycles. The van der Waals surface area contributed by atoms with Crippen LogP contribution in [0.1, 0.15) is 55.0 Å². The third kappa shape index (κ3) is 6.20. The Bertz CT molecular complexity index is 1780. The second-order valence-corrected chi connectivity index (χ2v) is 12.4. The van der Waals surface area contributed by atoms with Crippen molar-refractivity contribution < 1.29 is 14.6 Å². The number of nitrogen functional groups attached to an aromatic ring is 1. The Labute approximate surface area is 247 Å². The minimum Gasteiger partial charge on any atom is -0.479 e. The second kappa shape index (κ2) is 11.1. The van der Waals surface area contributed by atoms with E-state index in [1.165, 1.54) is 11.3 Å². The standard InChI is InChI=1S/C32H31ClN4O3S/c1-17-14-24-28(26(19-6-9-22(33)10-7-19)25(17)27(31(38)39)40-32(3,4)5)41-30(37-24)21-12-13-35-23(16-21)11-8-20-15-18(2)36-29(20)34/h6-16,27,36H,34H2,1-5H3,(H,38,39)/b11-8+/t27-/m0/s1. The molecule has 0 saturated carbocycles. The molecule has 210 valence electrons. The maximum atomic E-state index is 12.6. The lowest BCUT2D eigenvalue weighted by Crippen LogP contribution is -2.28. The third-order valence-electron chi connectivity index (χ3n) is 6.50. The Kier molecular flexibility index (Phi) is 7.74. The molecule has 9 heteroatoms. The number of hydrogen-bond donors (Lipinski definition) is 3. The van der Waals surface area contributed by atoms with Crippen molar-refractivity contribution in [3.63, 3.8) is 0 Å². The van der Waals surface area contributed by atoms with Crippen molar-refractivity contribution in [3.05, 3.63) is 87.8 Å². The van der Waals surface area contributed by atoms with Crippen LogP contribution >= 0.6 is 22.9 Å². The van der Waals surface area contributed by atoms with Gasteiger partial charge in [0.1, 0.15) is 10.8 Å². The number of nitrogens with one attached hydrogen (secondary N) is 1. The first-order valence-corrected chi connectivity index (χ1v) is 14.3. The normalized spacial score (nSPS) is 12.8. The van der Waals surface area contributed by atoms with E-state index in [0.29, 0.717) is 16.4 Å². The van der Waals surface area contributed by atoms with Gasteiger partial charge in [-0.1, -0.05) is 23.7 Å². The fourth-order valence-electron chi connectivity index (χ4n) is 4.78. The van der Waals surface area contributed by atoms with E-state index in [-0.39, 0.29) is 0 Å². The van der Waals surface area contributed by atoms with Gasteiger partial charge in [-0.2, -0.15) is 0 Å². The van der Waals surface area contributed by atoms with Crippen LogP contribution in [-0.2, 0) is 9.53 Å². The van der Waals surface area contributed by atoms with Gasteiger partial charge in [-0.25, -0.2) is 9.78 Å². The number of pyridine rings is 1. The number of thiazole rings is 1. The minimum absolute atomic E-state index is 0.596. The van der Waals surface area contributed by atoms with Gasteiger partial charge in [0, 0.05) is 39.2 Å². The molecule has 0 fully saturated rings. The molecule has 0 amide bonds. The molecule has 0 saturated heterocycles. The highest BCUT2D eigenvalue weighted by atomic mass is 35.5. The second-order valence-electron chi connectivity index (χ2n) is 10.9. The van der Waals surface area contributed by atoms with Gasteiger partial charge >= 0.3 is 5.97 Å². The van der Waals surface area contributed by atoms with Crippen molar-refractivity contribution in [2.45, 2.75) is 46.3 Å². The molecule has 0 aliphatic carbocycles. The Morgan fingerprint density at radius 3 is 2.46 bits per heavy atom.